The molecule has 0 aromatic carbocycles. The number of hydrogen-bond donors (Lipinski definition) is 2. The smallest absolute Gasteiger partial charge is 0.133 e. The van der Waals surface area contributed by atoms with Crippen LogP contribution in [0.5, 0.6) is 0 Å². The molecule has 6 heteroatoms. The summed E-state index contributed by atoms with van der Waals surface area (Å²) in [6.45, 7) is 6.87. The van der Waals surface area contributed by atoms with Gasteiger partial charge in [-0.1, -0.05) is 6.92 Å². The van der Waals surface area contributed by atoms with E-state index in [0.29, 0.717) is 12.4 Å². The molecule has 0 amide bonds. The van der Waals surface area contributed by atoms with Crippen molar-refractivity contribution in [1.29, 1.82) is 0 Å². The Kier molecular flexibility index (Phi) is 4.22. The molecule has 2 aromatic heterocycles. The quantitative estimate of drug-likeness (QED) is 0.871. The minimum atomic E-state index is 0.505. The van der Waals surface area contributed by atoms with Gasteiger partial charge in [0.1, 0.15) is 17.5 Å². The first-order valence-electron chi connectivity index (χ1n) is 6.87. The monoisotopic (exact) mass is 274 g/mol. The molecule has 2 heterocycles. The Balaban J connectivity index is 2.14. The van der Waals surface area contributed by atoms with Gasteiger partial charge in [-0.3, -0.25) is 4.68 Å². The topological polar surface area (TPSA) is 81.6 Å². The van der Waals surface area contributed by atoms with Crippen molar-refractivity contribution in [1.82, 2.24) is 19.7 Å². The minimum absolute atomic E-state index is 0.505. The largest absolute Gasteiger partial charge is 0.384 e. The molecule has 2 rings (SSSR count). The van der Waals surface area contributed by atoms with Crippen LogP contribution in [0.25, 0.3) is 0 Å². The lowest BCUT2D eigenvalue weighted by atomic mass is 10.2. The molecule has 3 N–H and O–H groups in total. The van der Waals surface area contributed by atoms with Crippen molar-refractivity contribution >= 4 is 11.6 Å². The van der Waals surface area contributed by atoms with Crippen molar-refractivity contribution in [3.8, 4) is 0 Å². The van der Waals surface area contributed by atoms with Crippen LogP contribution in [0.2, 0.25) is 0 Å². The Morgan fingerprint density at radius 1 is 1.30 bits per heavy atom. The van der Waals surface area contributed by atoms with Crippen LogP contribution in [0.4, 0.5) is 11.6 Å². The van der Waals surface area contributed by atoms with Crippen LogP contribution < -0.4 is 11.1 Å². The molecule has 0 radical (unpaired) electrons. The van der Waals surface area contributed by atoms with E-state index in [4.69, 9.17) is 5.73 Å². The van der Waals surface area contributed by atoms with Gasteiger partial charge in [0.25, 0.3) is 0 Å². The number of aryl methyl sites for hydroxylation is 3. The van der Waals surface area contributed by atoms with Crippen molar-refractivity contribution < 1.29 is 0 Å². The highest BCUT2D eigenvalue weighted by Gasteiger charge is 2.09. The zero-order valence-corrected chi connectivity index (χ0v) is 12.6. The standard InChI is InChI=1S/C14H22N6/c1-5-6-13-17-12(15)7-14(18-13)16-8-11-9(2)19-20(4)10(11)3/h7H,5-6,8H2,1-4H3,(H3,15,16,17,18). The number of rotatable bonds is 5. The average molecular weight is 274 g/mol. The van der Waals surface area contributed by atoms with Crippen LogP contribution in [0, 0.1) is 13.8 Å². The van der Waals surface area contributed by atoms with Crippen molar-refractivity contribution in [2.75, 3.05) is 11.1 Å². The van der Waals surface area contributed by atoms with Gasteiger partial charge in [-0.05, 0) is 20.3 Å². The second-order valence-corrected chi connectivity index (χ2v) is 4.97. The summed E-state index contributed by atoms with van der Waals surface area (Å²) in [6, 6.07) is 1.76. The highest BCUT2D eigenvalue weighted by molar-refractivity contribution is 5.45. The molecule has 6 nitrogen and oxygen atoms in total. The predicted octanol–water partition coefficient (Wildman–Crippen LogP) is 1.97. The van der Waals surface area contributed by atoms with Gasteiger partial charge in [-0.25, -0.2) is 9.97 Å². The maximum atomic E-state index is 5.81. The van der Waals surface area contributed by atoms with Crippen LogP contribution in [0.1, 0.15) is 36.1 Å². The first kappa shape index (κ1) is 14.3. The zero-order chi connectivity index (χ0) is 14.7. The van der Waals surface area contributed by atoms with Crippen molar-refractivity contribution in [2.45, 2.75) is 40.2 Å². The summed E-state index contributed by atoms with van der Waals surface area (Å²) in [5, 5.41) is 7.72. The summed E-state index contributed by atoms with van der Waals surface area (Å²) in [6.07, 6.45) is 1.84. The van der Waals surface area contributed by atoms with Gasteiger partial charge in [0.2, 0.25) is 0 Å². The molecule has 2 aromatic rings. The van der Waals surface area contributed by atoms with Crippen LogP contribution >= 0.6 is 0 Å². The van der Waals surface area contributed by atoms with Gasteiger partial charge in [-0.2, -0.15) is 5.10 Å². The number of anilines is 2. The SMILES string of the molecule is CCCc1nc(N)cc(NCc2c(C)nn(C)c2C)n1. The highest BCUT2D eigenvalue weighted by Crippen LogP contribution is 2.15. The fourth-order valence-corrected chi connectivity index (χ4v) is 2.20. The third-order valence-electron chi connectivity index (χ3n) is 3.37. The zero-order valence-electron chi connectivity index (χ0n) is 12.6. The lowest BCUT2D eigenvalue weighted by Gasteiger charge is -2.08. The van der Waals surface area contributed by atoms with E-state index in [1.54, 1.807) is 6.07 Å². The summed E-state index contributed by atoms with van der Waals surface area (Å²) in [7, 11) is 1.95. The van der Waals surface area contributed by atoms with Gasteiger partial charge in [0, 0.05) is 37.3 Å². The Labute approximate surface area is 119 Å². The van der Waals surface area contributed by atoms with Crippen LogP contribution in [-0.4, -0.2) is 19.7 Å². The van der Waals surface area contributed by atoms with E-state index in [-0.39, 0.29) is 0 Å². The average Bonchev–Trinajstić information content (AvgIpc) is 2.61. The van der Waals surface area contributed by atoms with Gasteiger partial charge >= 0.3 is 0 Å². The second kappa shape index (κ2) is 5.90. The summed E-state index contributed by atoms with van der Waals surface area (Å²) < 4.78 is 1.89. The maximum absolute atomic E-state index is 5.81. The Morgan fingerprint density at radius 3 is 2.65 bits per heavy atom. The lowest BCUT2D eigenvalue weighted by Crippen LogP contribution is -2.07. The Morgan fingerprint density at radius 2 is 2.05 bits per heavy atom. The summed E-state index contributed by atoms with van der Waals surface area (Å²) in [5.74, 6) is 2.06. The van der Waals surface area contributed by atoms with Crippen LogP contribution in [-0.2, 0) is 20.0 Å². The third-order valence-corrected chi connectivity index (χ3v) is 3.37. The van der Waals surface area contributed by atoms with Gasteiger partial charge in [-0.15, -0.1) is 0 Å². The fourth-order valence-electron chi connectivity index (χ4n) is 2.20. The van der Waals surface area contributed by atoms with Gasteiger partial charge in [0.05, 0.1) is 5.69 Å². The van der Waals surface area contributed by atoms with Gasteiger partial charge < -0.3 is 11.1 Å². The molecule has 108 valence electrons. The first-order chi connectivity index (χ1) is 9.51. The molecule has 0 saturated heterocycles. The molecule has 0 spiro atoms. The highest BCUT2D eigenvalue weighted by atomic mass is 15.3. The number of aromatic nitrogens is 4. The van der Waals surface area contributed by atoms with Crippen molar-refractivity contribution in [3.05, 3.63) is 28.8 Å². The van der Waals surface area contributed by atoms with E-state index < -0.39 is 0 Å². The fraction of sp³-hybridized carbons (Fsp3) is 0.500. The summed E-state index contributed by atoms with van der Waals surface area (Å²) in [4.78, 5) is 8.70. The third kappa shape index (κ3) is 3.07. The summed E-state index contributed by atoms with van der Waals surface area (Å²) >= 11 is 0. The Bertz CT molecular complexity index is 602. The molecule has 0 bridgehead atoms. The van der Waals surface area contributed by atoms with Crippen LogP contribution in [0.3, 0.4) is 0 Å². The van der Waals surface area contributed by atoms with Crippen molar-refractivity contribution in [2.24, 2.45) is 7.05 Å². The molecule has 0 aliphatic carbocycles. The number of nitrogens with zero attached hydrogens (tertiary/aromatic N) is 4. The number of nitrogens with one attached hydrogen (secondary N) is 1. The Hall–Kier alpha value is -2.11. The van der Waals surface area contributed by atoms with Gasteiger partial charge in [0.15, 0.2) is 0 Å². The molecule has 0 unspecified atom stereocenters. The lowest BCUT2D eigenvalue weighted by molar-refractivity contribution is 0.730. The number of hydrogen-bond acceptors (Lipinski definition) is 5. The van der Waals surface area contributed by atoms with E-state index in [1.165, 1.54) is 5.56 Å². The number of nitrogens with two attached hydrogens (primary N) is 1. The molecule has 20 heavy (non-hydrogen) atoms. The number of nitrogen functional groups attached to an aromatic ring is 1. The van der Waals surface area contributed by atoms with E-state index in [1.807, 2.05) is 18.7 Å². The van der Waals surface area contributed by atoms with E-state index >= 15 is 0 Å². The van der Waals surface area contributed by atoms with E-state index in [2.05, 4.69) is 34.2 Å². The maximum Gasteiger partial charge on any atom is 0.133 e. The van der Waals surface area contributed by atoms with E-state index in [0.717, 1.165) is 35.9 Å². The predicted molar refractivity (Wildman–Crippen MR) is 80.4 cm³/mol. The molecule has 0 atom stereocenters. The second-order valence-electron chi connectivity index (χ2n) is 4.97. The summed E-state index contributed by atoms with van der Waals surface area (Å²) in [5.41, 5.74) is 9.20. The molecule has 0 fully saturated rings. The first-order valence-corrected chi connectivity index (χ1v) is 6.87. The van der Waals surface area contributed by atoms with E-state index in [9.17, 15) is 0 Å². The minimum Gasteiger partial charge on any atom is -0.384 e. The normalized spacial score (nSPS) is 10.8. The van der Waals surface area contributed by atoms with Crippen molar-refractivity contribution in [3.63, 3.8) is 0 Å². The molecule has 0 aliphatic rings. The molecule has 0 aliphatic heterocycles. The molecular formula is C14H22N6. The molecular weight excluding hydrogens is 252 g/mol. The van der Waals surface area contributed by atoms with Crippen LogP contribution in [0.15, 0.2) is 6.07 Å². The molecule has 0 saturated carbocycles.